The van der Waals surface area contributed by atoms with Crippen LogP contribution in [0, 0.1) is 0 Å². The maximum atomic E-state index is 3.88. The fourth-order valence-corrected chi connectivity index (χ4v) is 1.89. The van der Waals surface area contributed by atoms with Gasteiger partial charge in [0, 0.05) is 23.0 Å². The minimum Gasteiger partial charge on any atom is -0.361 e. The summed E-state index contributed by atoms with van der Waals surface area (Å²) in [6, 6.07) is 8.34. The second-order valence-electron chi connectivity index (χ2n) is 3.58. The van der Waals surface area contributed by atoms with Gasteiger partial charge in [-0.1, -0.05) is 36.4 Å². The molecule has 1 nitrogen and oxygen atoms in total. The van der Waals surface area contributed by atoms with E-state index < -0.39 is 0 Å². The number of fused-ring (bicyclic) bond motifs is 1. The van der Waals surface area contributed by atoms with Crippen molar-refractivity contribution >= 4 is 10.9 Å². The quantitative estimate of drug-likeness (QED) is 0.715. The number of aromatic amines is 1. The van der Waals surface area contributed by atoms with Crippen molar-refractivity contribution in [1.29, 1.82) is 0 Å². The Kier molecular flexibility index (Phi) is 2.72. The highest BCUT2D eigenvalue weighted by Gasteiger charge is 2.08. The molecule has 1 heteroatoms. The summed E-state index contributed by atoms with van der Waals surface area (Å²) in [5.74, 6) is 0.297. The first-order chi connectivity index (χ1) is 7.36. The number of aromatic nitrogens is 1. The van der Waals surface area contributed by atoms with Gasteiger partial charge in [-0.25, -0.2) is 0 Å². The molecule has 1 unspecified atom stereocenters. The molecule has 0 saturated carbocycles. The van der Waals surface area contributed by atoms with Gasteiger partial charge in [0.05, 0.1) is 0 Å². The van der Waals surface area contributed by atoms with Crippen LogP contribution in [-0.2, 0) is 0 Å². The summed E-state index contributed by atoms with van der Waals surface area (Å²) in [5, 5.41) is 1.28. The summed E-state index contributed by atoms with van der Waals surface area (Å²) in [7, 11) is 0. The van der Waals surface area contributed by atoms with Crippen LogP contribution in [0.3, 0.4) is 0 Å². The summed E-state index contributed by atoms with van der Waals surface area (Å²) in [6.07, 6.45) is 8.25. The topological polar surface area (TPSA) is 15.8 Å². The maximum absolute atomic E-state index is 3.88. The lowest BCUT2D eigenvalue weighted by Crippen LogP contribution is -1.87. The minimum absolute atomic E-state index is 0.297. The summed E-state index contributed by atoms with van der Waals surface area (Å²) in [4.78, 5) is 3.28. The van der Waals surface area contributed by atoms with Crippen molar-refractivity contribution in [2.24, 2.45) is 0 Å². The molecule has 76 valence electrons. The predicted octanol–water partition coefficient (Wildman–Crippen LogP) is 4.01. The van der Waals surface area contributed by atoms with E-state index >= 15 is 0 Å². The normalized spacial score (nSPS) is 13.4. The fraction of sp³-hybridized carbons (Fsp3) is 0.143. The Labute approximate surface area is 90.1 Å². The number of rotatable bonds is 3. The van der Waals surface area contributed by atoms with Crippen LogP contribution in [0.5, 0.6) is 0 Å². The van der Waals surface area contributed by atoms with Crippen molar-refractivity contribution in [3.05, 3.63) is 60.8 Å². The Morgan fingerprint density at radius 3 is 2.87 bits per heavy atom. The standard InChI is InChI=1S/C14H15N/c1-3-7-11(4-2)13-10-15-14-9-6-5-8-12(13)14/h3-11,15H,2H2,1H3/b7-3+. The number of hydrogen-bond donors (Lipinski definition) is 1. The molecule has 0 saturated heterocycles. The Morgan fingerprint density at radius 1 is 1.33 bits per heavy atom. The molecular weight excluding hydrogens is 182 g/mol. The van der Waals surface area contributed by atoms with Gasteiger partial charge in [0.25, 0.3) is 0 Å². The van der Waals surface area contributed by atoms with Gasteiger partial charge in [-0.2, -0.15) is 0 Å². The zero-order valence-electron chi connectivity index (χ0n) is 8.90. The molecule has 1 heterocycles. The molecule has 15 heavy (non-hydrogen) atoms. The fourth-order valence-electron chi connectivity index (χ4n) is 1.89. The summed E-state index contributed by atoms with van der Waals surface area (Å²) < 4.78 is 0. The highest BCUT2D eigenvalue weighted by Crippen LogP contribution is 2.27. The molecule has 1 N–H and O–H groups in total. The second kappa shape index (κ2) is 4.18. The van der Waals surface area contributed by atoms with Crippen LogP contribution in [0.25, 0.3) is 10.9 Å². The van der Waals surface area contributed by atoms with Crippen molar-refractivity contribution in [2.45, 2.75) is 12.8 Å². The van der Waals surface area contributed by atoms with Crippen LogP contribution in [0.15, 0.2) is 55.3 Å². The van der Waals surface area contributed by atoms with Crippen LogP contribution in [0.4, 0.5) is 0 Å². The first-order valence-electron chi connectivity index (χ1n) is 5.18. The first-order valence-corrected chi connectivity index (χ1v) is 5.18. The van der Waals surface area contributed by atoms with E-state index in [4.69, 9.17) is 0 Å². The van der Waals surface area contributed by atoms with Crippen molar-refractivity contribution in [2.75, 3.05) is 0 Å². The second-order valence-corrected chi connectivity index (χ2v) is 3.58. The monoisotopic (exact) mass is 197 g/mol. The van der Waals surface area contributed by atoms with Crippen LogP contribution in [0.1, 0.15) is 18.4 Å². The molecule has 1 aromatic carbocycles. The van der Waals surface area contributed by atoms with Crippen molar-refractivity contribution in [1.82, 2.24) is 4.98 Å². The average molecular weight is 197 g/mol. The molecule has 0 aliphatic heterocycles. The van der Waals surface area contributed by atoms with Gasteiger partial charge >= 0.3 is 0 Å². The number of benzene rings is 1. The summed E-state index contributed by atoms with van der Waals surface area (Å²) in [6.45, 7) is 5.91. The average Bonchev–Trinajstić information content (AvgIpc) is 2.70. The van der Waals surface area contributed by atoms with Gasteiger partial charge in [-0.05, 0) is 18.6 Å². The number of allylic oxidation sites excluding steroid dienone is 3. The third-order valence-electron chi connectivity index (χ3n) is 2.63. The van der Waals surface area contributed by atoms with E-state index in [1.807, 2.05) is 19.1 Å². The van der Waals surface area contributed by atoms with E-state index in [0.717, 1.165) is 0 Å². The molecule has 0 fully saturated rings. The SMILES string of the molecule is C=CC(/C=C/C)c1c[nH]c2ccccc12. The van der Waals surface area contributed by atoms with Crippen molar-refractivity contribution < 1.29 is 0 Å². The Hall–Kier alpha value is -1.76. The van der Waals surface area contributed by atoms with E-state index in [2.05, 4.69) is 48.1 Å². The molecule has 0 aliphatic carbocycles. The molecular formula is C14H15N. The Bertz CT molecular complexity index is 491. The van der Waals surface area contributed by atoms with E-state index in [-0.39, 0.29) is 0 Å². The van der Waals surface area contributed by atoms with Gasteiger partial charge in [-0.15, -0.1) is 6.58 Å². The lowest BCUT2D eigenvalue weighted by atomic mass is 9.98. The van der Waals surface area contributed by atoms with Crippen LogP contribution >= 0.6 is 0 Å². The zero-order valence-corrected chi connectivity index (χ0v) is 8.90. The molecule has 1 aromatic heterocycles. The molecule has 0 aliphatic rings. The largest absolute Gasteiger partial charge is 0.361 e. The highest BCUT2D eigenvalue weighted by molar-refractivity contribution is 5.84. The van der Waals surface area contributed by atoms with Crippen molar-refractivity contribution in [3.63, 3.8) is 0 Å². The first kappa shape index (κ1) is 9.78. The minimum atomic E-state index is 0.297. The molecule has 0 radical (unpaired) electrons. The van der Waals surface area contributed by atoms with Crippen LogP contribution < -0.4 is 0 Å². The number of nitrogens with one attached hydrogen (secondary N) is 1. The van der Waals surface area contributed by atoms with Gasteiger partial charge < -0.3 is 4.98 Å². The Morgan fingerprint density at radius 2 is 2.13 bits per heavy atom. The number of hydrogen-bond acceptors (Lipinski definition) is 0. The smallest absolute Gasteiger partial charge is 0.0457 e. The van der Waals surface area contributed by atoms with Crippen LogP contribution in [-0.4, -0.2) is 4.98 Å². The van der Waals surface area contributed by atoms with Gasteiger partial charge in [-0.3, -0.25) is 0 Å². The van der Waals surface area contributed by atoms with Gasteiger partial charge in [0.2, 0.25) is 0 Å². The molecule has 1 atom stereocenters. The summed E-state index contributed by atoms with van der Waals surface area (Å²) >= 11 is 0. The molecule has 0 spiro atoms. The van der Waals surface area contributed by atoms with Gasteiger partial charge in [0.15, 0.2) is 0 Å². The van der Waals surface area contributed by atoms with E-state index in [0.29, 0.717) is 5.92 Å². The third kappa shape index (κ3) is 1.73. The van der Waals surface area contributed by atoms with Crippen molar-refractivity contribution in [3.8, 4) is 0 Å². The van der Waals surface area contributed by atoms with E-state index in [1.165, 1.54) is 16.5 Å². The molecule has 0 bridgehead atoms. The predicted molar refractivity (Wildman–Crippen MR) is 66.1 cm³/mol. The Balaban J connectivity index is 2.55. The van der Waals surface area contributed by atoms with E-state index in [1.54, 1.807) is 0 Å². The lowest BCUT2D eigenvalue weighted by molar-refractivity contribution is 1.10. The number of H-pyrrole nitrogens is 1. The third-order valence-corrected chi connectivity index (χ3v) is 2.63. The molecule has 0 amide bonds. The highest BCUT2D eigenvalue weighted by atomic mass is 14.7. The molecule has 2 aromatic rings. The lowest BCUT2D eigenvalue weighted by Gasteiger charge is -2.05. The van der Waals surface area contributed by atoms with Crippen LogP contribution in [0.2, 0.25) is 0 Å². The maximum Gasteiger partial charge on any atom is 0.0457 e. The zero-order chi connectivity index (χ0) is 10.7. The number of para-hydroxylation sites is 1. The molecule has 2 rings (SSSR count). The van der Waals surface area contributed by atoms with Gasteiger partial charge in [0.1, 0.15) is 0 Å². The van der Waals surface area contributed by atoms with E-state index in [9.17, 15) is 0 Å². The summed E-state index contributed by atoms with van der Waals surface area (Å²) in [5.41, 5.74) is 2.47.